The van der Waals surface area contributed by atoms with Crippen molar-refractivity contribution in [1.29, 1.82) is 0 Å². The Morgan fingerprint density at radius 3 is 2.62 bits per heavy atom. The maximum absolute atomic E-state index is 5.87. The number of likely N-dealkylation sites (tertiary alicyclic amines) is 1. The van der Waals surface area contributed by atoms with Crippen molar-refractivity contribution in [1.82, 2.24) is 4.90 Å². The van der Waals surface area contributed by atoms with E-state index in [-0.39, 0.29) is 0 Å². The summed E-state index contributed by atoms with van der Waals surface area (Å²) in [5.74, 6) is 0. The average Bonchev–Trinajstić information content (AvgIpc) is 2.47. The highest BCUT2D eigenvalue weighted by molar-refractivity contribution is 6.30. The zero-order chi connectivity index (χ0) is 11.4. The molecule has 2 heteroatoms. The van der Waals surface area contributed by atoms with E-state index in [2.05, 4.69) is 30.2 Å². The Morgan fingerprint density at radius 1 is 1.12 bits per heavy atom. The van der Waals surface area contributed by atoms with Crippen LogP contribution in [0.4, 0.5) is 0 Å². The molecule has 1 aromatic rings. The van der Waals surface area contributed by atoms with Gasteiger partial charge < -0.3 is 4.90 Å². The van der Waals surface area contributed by atoms with E-state index in [4.69, 9.17) is 11.6 Å². The number of hydrogen-bond donors (Lipinski definition) is 0. The smallest absolute Gasteiger partial charge is 0.0406 e. The lowest BCUT2D eigenvalue weighted by Gasteiger charge is -2.10. The second kappa shape index (κ2) is 5.51. The van der Waals surface area contributed by atoms with Crippen LogP contribution in [0, 0.1) is 0 Å². The lowest BCUT2D eigenvalue weighted by atomic mass is 10.0. The number of rotatable bonds is 1. The molecule has 2 rings (SSSR count). The molecule has 0 saturated carbocycles. The average molecular weight is 236 g/mol. The fourth-order valence-electron chi connectivity index (χ4n) is 2.09. The molecule has 86 valence electrons. The molecule has 1 aromatic carbocycles. The highest BCUT2D eigenvalue weighted by atomic mass is 35.5. The monoisotopic (exact) mass is 235 g/mol. The SMILES string of the molecule is CN1CCC/C(=C\c2ccc(Cl)cc2)CC1. The summed E-state index contributed by atoms with van der Waals surface area (Å²) in [5, 5.41) is 0.808. The number of nitrogens with zero attached hydrogens (tertiary/aromatic N) is 1. The Hall–Kier alpha value is -0.790. The van der Waals surface area contributed by atoms with E-state index in [0.29, 0.717) is 0 Å². The Morgan fingerprint density at radius 2 is 1.88 bits per heavy atom. The fraction of sp³-hybridized carbons (Fsp3) is 0.429. The first-order valence-electron chi connectivity index (χ1n) is 5.87. The van der Waals surface area contributed by atoms with Crippen LogP contribution in [0.1, 0.15) is 24.8 Å². The summed E-state index contributed by atoms with van der Waals surface area (Å²) in [6, 6.07) is 8.08. The molecule has 1 aliphatic rings. The van der Waals surface area contributed by atoms with Gasteiger partial charge in [-0.05, 0) is 50.6 Å². The van der Waals surface area contributed by atoms with Gasteiger partial charge in [0.2, 0.25) is 0 Å². The van der Waals surface area contributed by atoms with Gasteiger partial charge in [-0.1, -0.05) is 35.4 Å². The van der Waals surface area contributed by atoms with Crippen LogP contribution in [-0.4, -0.2) is 25.0 Å². The van der Waals surface area contributed by atoms with Crippen molar-refractivity contribution in [3.8, 4) is 0 Å². The van der Waals surface area contributed by atoms with E-state index >= 15 is 0 Å². The molecule has 0 unspecified atom stereocenters. The van der Waals surface area contributed by atoms with Gasteiger partial charge >= 0.3 is 0 Å². The van der Waals surface area contributed by atoms with Crippen molar-refractivity contribution < 1.29 is 0 Å². The summed E-state index contributed by atoms with van der Waals surface area (Å²) >= 11 is 5.87. The minimum absolute atomic E-state index is 0.808. The van der Waals surface area contributed by atoms with Gasteiger partial charge in [0.15, 0.2) is 0 Å². The first-order chi connectivity index (χ1) is 7.74. The molecule has 1 saturated heterocycles. The molecule has 0 aromatic heterocycles. The van der Waals surface area contributed by atoms with E-state index < -0.39 is 0 Å². The molecule has 1 aliphatic heterocycles. The third-order valence-electron chi connectivity index (χ3n) is 3.09. The normalized spacial score (nSPS) is 21.0. The second-order valence-electron chi connectivity index (χ2n) is 4.51. The van der Waals surface area contributed by atoms with Gasteiger partial charge in [-0.15, -0.1) is 0 Å². The highest BCUT2D eigenvalue weighted by Gasteiger charge is 2.07. The fourth-order valence-corrected chi connectivity index (χ4v) is 2.21. The van der Waals surface area contributed by atoms with Crippen LogP contribution in [0.5, 0.6) is 0 Å². The summed E-state index contributed by atoms with van der Waals surface area (Å²) in [6.07, 6.45) is 6.01. The largest absolute Gasteiger partial charge is 0.306 e. The van der Waals surface area contributed by atoms with Crippen LogP contribution >= 0.6 is 11.6 Å². The molecule has 0 amide bonds. The molecular weight excluding hydrogens is 218 g/mol. The Labute approximate surface area is 103 Å². The van der Waals surface area contributed by atoms with Crippen molar-refractivity contribution in [2.75, 3.05) is 20.1 Å². The first-order valence-corrected chi connectivity index (χ1v) is 6.25. The quantitative estimate of drug-likeness (QED) is 0.715. The summed E-state index contributed by atoms with van der Waals surface area (Å²) in [7, 11) is 2.20. The lowest BCUT2D eigenvalue weighted by Crippen LogP contribution is -2.18. The van der Waals surface area contributed by atoms with Gasteiger partial charge in [0.05, 0.1) is 0 Å². The maximum atomic E-state index is 5.87. The van der Waals surface area contributed by atoms with Crippen molar-refractivity contribution in [3.63, 3.8) is 0 Å². The Balaban J connectivity index is 2.08. The van der Waals surface area contributed by atoms with E-state index in [1.54, 1.807) is 5.57 Å². The van der Waals surface area contributed by atoms with Crippen LogP contribution in [0.15, 0.2) is 29.8 Å². The van der Waals surface area contributed by atoms with Crippen LogP contribution in [-0.2, 0) is 0 Å². The third kappa shape index (κ3) is 3.36. The van der Waals surface area contributed by atoms with E-state index in [1.165, 1.54) is 37.9 Å². The molecule has 0 spiro atoms. The van der Waals surface area contributed by atoms with Gasteiger partial charge in [0.1, 0.15) is 0 Å². The zero-order valence-corrected chi connectivity index (χ0v) is 10.5. The summed E-state index contributed by atoms with van der Waals surface area (Å²) in [5.41, 5.74) is 2.83. The number of benzene rings is 1. The zero-order valence-electron chi connectivity index (χ0n) is 9.75. The van der Waals surface area contributed by atoms with E-state index in [0.717, 1.165) is 5.02 Å². The molecule has 0 radical (unpaired) electrons. The van der Waals surface area contributed by atoms with Gasteiger partial charge in [-0.2, -0.15) is 0 Å². The Kier molecular flexibility index (Phi) is 4.03. The van der Waals surface area contributed by atoms with E-state index in [1.807, 2.05) is 12.1 Å². The summed E-state index contributed by atoms with van der Waals surface area (Å²) in [6.45, 7) is 2.40. The van der Waals surface area contributed by atoms with Crippen molar-refractivity contribution in [2.24, 2.45) is 0 Å². The molecule has 0 aliphatic carbocycles. The Bertz CT molecular complexity index is 367. The predicted molar refractivity (Wildman–Crippen MR) is 70.8 cm³/mol. The van der Waals surface area contributed by atoms with Gasteiger partial charge in [0, 0.05) is 11.6 Å². The third-order valence-corrected chi connectivity index (χ3v) is 3.35. The molecule has 16 heavy (non-hydrogen) atoms. The van der Waals surface area contributed by atoms with Crippen LogP contribution in [0.3, 0.4) is 0 Å². The molecular formula is C14H18ClN. The molecule has 0 N–H and O–H groups in total. The number of halogens is 1. The van der Waals surface area contributed by atoms with E-state index in [9.17, 15) is 0 Å². The van der Waals surface area contributed by atoms with Crippen molar-refractivity contribution >= 4 is 17.7 Å². The minimum atomic E-state index is 0.808. The van der Waals surface area contributed by atoms with Gasteiger partial charge in [-0.25, -0.2) is 0 Å². The van der Waals surface area contributed by atoms with Crippen LogP contribution in [0.25, 0.3) is 6.08 Å². The molecule has 1 heterocycles. The molecule has 0 bridgehead atoms. The maximum Gasteiger partial charge on any atom is 0.0406 e. The lowest BCUT2D eigenvalue weighted by molar-refractivity contribution is 0.351. The minimum Gasteiger partial charge on any atom is -0.306 e. The molecule has 1 fully saturated rings. The van der Waals surface area contributed by atoms with Crippen LogP contribution in [0.2, 0.25) is 5.02 Å². The summed E-state index contributed by atoms with van der Waals surface area (Å²) in [4.78, 5) is 2.41. The van der Waals surface area contributed by atoms with Crippen molar-refractivity contribution in [2.45, 2.75) is 19.3 Å². The van der Waals surface area contributed by atoms with Crippen LogP contribution < -0.4 is 0 Å². The molecule has 0 atom stereocenters. The number of hydrogen-bond acceptors (Lipinski definition) is 1. The summed E-state index contributed by atoms with van der Waals surface area (Å²) < 4.78 is 0. The van der Waals surface area contributed by atoms with Gasteiger partial charge in [-0.3, -0.25) is 0 Å². The topological polar surface area (TPSA) is 3.24 Å². The molecule has 1 nitrogen and oxygen atoms in total. The predicted octanol–water partition coefficient (Wildman–Crippen LogP) is 3.84. The highest BCUT2D eigenvalue weighted by Crippen LogP contribution is 2.20. The standard InChI is InChI=1S/C14H18ClN/c1-16-9-2-3-12(8-10-16)11-13-4-6-14(15)7-5-13/h4-7,11H,2-3,8-10H2,1H3/b12-11+. The van der Waals surface area contributed by atoms with Gasteiger partial charge in [0.25, 0.3) is 0 Å². The second-order valence-corrected chi connectivity index (χ2v) is 4.95. The first kappa shape index (κ1) is 11.7. The van der Waals surface area contributed by atoms with Crippen molar-refractivity contribution in [3.05, 3.63) is 40.4 Å².